The third kappa shape index (κ3) is 4.11. The van der Waals surface area contributed by atoms with Gasteiger partial charge in [-0.2, -0.15) is 0 Å². The zero-order valence-electron chi connectivity index (χ0n) is 9.68. The number of carboxylic acids is 1. The molecule has 0 atom stereocenters. The molecule has 1 aliphatic rings. The van der Waals surface area contributed by atoms with E-state index in [0.717, 1.165) is 38.3 Å². The van der Waals surface area contributed by atoms with Crippen LogP contribution in [-0.2, 0) is 0 Å². The third-order valence-corrected chi connectivity index (χ3v) is 2.25. The maximum absolute atomic E-state index is 10.4. The second-order valence-corrected chi connectivity index (χ2v) is 3.66. The molecule has 0 bridgehead atoms. The maximum Gasteiger partial charge on any atom is 0.343 e. The normalized spacial score (nSPS) is 14.4. The highest BCUT2D eigenvalue weighted by molar-refractivity contribution is 5.94. The van der Waals surface area contributed by atoms with Gasteiger partial charge in [0.2, 0.25) is 0 Å². The van der Waals surface area contributed by atoms with Crippen molar-refractivity contribution < 1.29 is 25.2 Å². The predicted octanol–water partition coefficient (Wildman–Crippen LogP) is -0.319. The Hall–Kier alpha value is -1.99. The van der Waals surface area contributed by atoms with Crippen LogP contribution in [0.15, 0.2) is 12.1 Å². The molecule has 0 aromatic heterocycles. The molecule has 100 valence electrons. The van der Waals surface area contributed by atoms with Gasteiger partial charge in [-0.3, -0.25) is 0 Å². The van der Waals surface area contributed by atoms with E-state index in [-0.39, 0.29) is 0 Å². The number of carboxylic acid groups (broad SMARTS) is 1. The van der Waals surface area contributed by atoms with Crippen molar-refractivity contribution >= 4 is 5.97 Å². The predicted molar refractivity (Wildman–Crippen MR) is 64.1 cm³/mol. The molecule has 2 rings (SSSR count). The van der Waals surface area contributed by atoms with E-state index >= 15 is 0 Å². The van der Waals surface area contributed by atoms with Crippen molar-refractivity contribution in [3.05, 3.63) is 17.7 Å². The average molecular weight is 256 g/mol. The van der Waals surface area contributed by atoms with E-state index in [4.69, 9.17) is 20.4 Å². The molecule has 6 N–H and O–H groups in total. The number of phenols is 3. The molecule has 1 saturated heterocycles. The zero-order chi connectivity index (χ0) is 13.5. The highest BCUT2D eigenvalue weighted by Gasteiger charge is 2.15. The van der Waals surface area contributed by atoms with Gasteiger partial charge < -0.3 is 31.1 Å². The van der Waals surface area contributed by atoms with Crippen LogP contribution in [0.4, 0.5) is 0 Å². The maximum atomic E-state index is 10.4. The Labute approximate surface area is 104 Å². The SMILES string of the molecule is C1CNCCN1.O=C(O)c1c(O)cc(O)cc1O. The first-order chi connectivity index (χ1) is 8.52. The lowest BCUT2D eigenvalue weighted by molar-refractivity contribution is 0.0690. The third-order valence-electron chi connectivity index (χ3n) is 2.25. The summed E-state index contributed by atoms with van der Waals surface area (Å²) >= 11 is 0. The van der Waals surface area contributed by atoms with Crippen LogP contribution in [0.25, 0.3) is 0 Å². The molecule has 18 heavy (non-hydrogen) atoms. The Kier molecular flexibility index (Phi) is 5.22. The lowest BCUT2D eigenvalue weighted by Gasteiger charge is -2.11. The number of aromatic hydroxyl groups is 3. The van der Waals surface area contributed by atoms with Crippen LogP contribution in [0.1, 0.15) is 10.4 Å². The van der Waals surface area contributed by atoms with Crippen molar-refractivity contribution in [2.24, 2.45) is 0 Å². The fourth-order valence-electron chi connectivity index (χ4n) is 1.42. The monoisotopic (exact) mass is 256 g/mol. The van der Waals surface area contributed by atoms with Gasteiger partial charge in [0.15, 0.2) is 0 Å². The van der Waals surface area contributed by atoms with Gasteiger partial charge in [0.1, 0.15) is 22.8 Å². The summed E-state index contributed by atoms with van der Waals surface area (Å²) < 4.78 is 0. The largest absolute Gasteiger partial charge is 0.508 e. The number of hydrogen-bond donors (Lipinski definition) is 6. The highest BCUT2D eigenvalue weighted by atomic mass is 16.4. The molecule has 0 radical (unpaired) electrons. The average Bonchev–Trinajstić information content (AvgIpc) is 2.30. The van der Waals surface area contributed by atoms with Crippen LogP contribution in [-0.4, -0.2) is 52.6 Å². The first-order valence-corrected chi connectivity index (χ1v) is 5.42. The van der Waals surface area contributed by atoms with Gasteiger partial charge in [-0.1, -0.05) is 0 Å². The van der Waals surface area contributed by atoms with Crippen LogP contribution in [0.5, 0.6) is 17.2 Å². The van der Waals surface area contributed by atoms with Gasteiger partial charge in [-0.05, 0) is 0 Å². The quantitative estimate of drug-likeness (QED) is 0.407. The summed E-state index contributed by atoms with van der Waals surface area (Å²) in [5.74, 6) is -3.18. The Morgan fingerprint density at radius 1 is 0.944 bits per heavy atom. The first-order valence-electron chi connectivity index (χ1n) is 5.42. The van der Waals surface area contributed by atoms with Gasteiger partial charge >= 0.3 is 5.97 Å². The second-order valence-electron chi connectivity index (χ2n) is 3.66. The molecular formula is C11H16N2O5. The first kappa shape index (κ1) is 14.1. The van der Waals surface area contributed by atoms with E-state index in [0.29, 0.717) is 0 Å². The Morgan fingerprint density at radius 2 is 1.33 bits per heavy atom. The minimum Gasteiger partial charge on any atom is -0.508 e. The number of nitrogens with one attached hydrogen (secondary N) is 2. The minimum absolute atomic E-state index is 0.394. The molecule has 1 aromatic carbocycles. The summed E-state index contributed by atoms with van der Waals surface area (Å²) in [7, 11) is 0. The molecule has 0 amide bonds. The van der Waals surface area contributed by atoms with Crippen molar-refractivity contribution in [2.45, 2.75) is 0 Å². The summed E-state index contributed by atoms with van der Waals surface area (Å²) in [4.78, 5) is 10.4. The summed E-state index contributed by atoms with van der Waals surface area (Å²) in [5, 5.41) is 41.6. The summed E-state index contributed by atoms with van der Waals surface area (Å²) in [6, 6.07) is 1.67. The summed E-state index contributed by atoms with van der Waals surface area (Å²) in [6.45, 7) is 4.56. The van der Waals surface area contributed by atoms with Crippen LogP contribution < -0.4 is 10.6 Å². The van der Waals surface area contributed by atoms with E-state index in [9.17, 15) is 4.79 Å². The minimum atomic E-state index is -1.45. The van der Waals surface area contributed by atoms with Crippen LogP contribution in [0.2, 0.25) is 0 Å². The molecule has 7 heteroatoms. The van der Waals surface area contributed by atoms with Gasteiger partial charge in [0.25, 0.3) is 0 Å². The molecule has 7 nitrogen and oxygen atoms in total. The van der Waals surface area contributed by atoms with Gasteiger partial charge in [0, 0.05) is 38.3 Å². The number of piperazine rings is 1. The molecule has 0 aliphatic carbocycles. The standard InChI is InChI=1S/C7H6O5.C4H10N2/c8-3-1-4(9)6(7(11)12)5(10)2-3;1-2-6-4-3-5-1/h1-2,8-10H,(H,11,12);5-6H,1-4H2. The van der Waals surface area contributed by atoms with Crippen molar-refractivity contribution in [3.8, 4) is 17.2 Å². The highest BCUT2D eigenvalue weighted by Crippen LogP contribution is 2.31. The van der Waals surface area contributed by atoms with Crippen molar-refractivity contribution in [3.63, 3.8) is 0 Å². The molecule has 1 aliphatic heterocycles. The van der Waals surface area contributed by atoms with Gasteiger partial charge in [0.05, 0.1) is 0 Å². The van der Waals surface area contributed by atoms with Gasteiger partial charge in [-0.15, -0.1) is 0 Å². The van der Waals surface area contributed by atoms with Crippen molar-refractivity contribution in [1.82, 2.24) is 10.6 Å². The smallest absolute Gasteiger partial charge is 0.343 e. The fraction of sp³-hybridized carbons (Fsp3) is 0.364. The number of aromatic carboxylic acids is 1. The molecule has 0 saturated carbocycles. The van der Waals surface area contributed by atoms with E-state index in [1.165, 1.54) is 0 Å². The van der Waals surface area contributed by atoms with E-state index in [1.807, 2.05) is 0 Å². The zero-order valence-corrected chi connectivity index (χ0v) is 9.68. The fourth-order valence-corrected chi connectivity index (χ4v) is 1.42. The molecular weight excluding hydrogens is 240 g/mol. The van der Waals surface area contributed by atoms with Crippen LogP contribution in [0, 0.1) is 0 Å². The number of carbonyl (C=O) groups is 1. The summed E-state index contributed by atoms with van der Waals surface area (Å²) in [5.41, 5.74) is -0.618. The Bertz CT molecular complexity index is 383. The lowest BCUT2D eigenvalue weighted by atomic mass is 10.1. The van der Waals surface area contributed by atoms with Gasteiger partial charge in [-0.25, -0.2) is 4.79 Å². The molecule has 0 unspecified atom stereocenters. The second kappa shape index (κ2) is 6.67. The Morgan fingerprint density at radius 3 is 1.61 bits per heavy atom. The number of phenolic OH excluding ortho intramolecular Hbond substituents is 1. The number of benzene rings is 1. The van der Waals surface area contributed by atoms with Crippen molar-refractivity contribution in [1.29, 1.82) is 0 Å². The van der Waals surface area contributed by atoms with E-state index in [2.05, 4.69) is 10.6 Å². The molecule has 1 aromatic rings. The van der Waals surface area contributed by atoms with E-state index in [1.54, 1.807) is 0 Å². The number of rotatable bonds is 1. The molecule has 1 fully saturated rings. The van der Waals surface area contributed by atoms with E-state index < -0.39 is 28.8 Å². The van der Waals surface area contributed by atoms with Crippen LogP contribution >= 0.6 is 0 Å². The Balaban J connectivity index is 0.000000225. The molecule has 0 spiro atoms. The molecule has 1 heterocycles. The topological polar surface area (TPSA) is 122 Å². The van der Waals surface area contributed by atoms with Crippen molar-refractivity contribution in [2.75, 3.05) is 26.2 Å². The lowest BCUT2D eigenvalue weighted by Crippen LogP contribution is -2.39. The summed E-state index contributed by atoms with van der Waals surface area (Å²) in [6.07, 6.45) is 0. The van der Waals surface area contributed by atoms with Crippen LogP contribution in [0.3, 0.4) is 0 Å². The number of hydrogen-bond acceptors (Lipinski definition) is 6.